The van der Waals surface area contributed by atoms with Crippen molar-refractivity contribution >= 4 is 58.0 Å². The van der Waals surface area contributed by atoms with Crippen LogP contribution in [0.3, 0.4) is 0 Å². The van der Waals surface area contributed by atoms with Gasteiger partial charge in [-0.3, -0.25) is 29.4 Å². The molecule has 0 aromatic heterocycles. The van der Waals surface area contributed by atoms with Crippen molar-refractivity contribution in [3.63, 3.8) is 0 Å². The molecule has 0 aliphatic carbocycles. The van der Waals surface area contributed by atoms with Crippen molar-refractivity contribution < 1.29 is 19.2 Å². The van der Waals surface area contributed by atoms with Crippen LogP contribution in [0.15, 0.2) is 23.1 Å². The van der Waals surface area contributed by atoms with Gasteiger partial charge in [-0.25, -0.2) is 0 Å². The number of nitrogens with one attached hydrogen (secondary N) is 1. The van der Waals surface area contributed by atoms with Gasteiger partial charge in [-0.15, -0.1) is 11.8 Å². The first-order valence-corrected chi connectivity index (χ1v) is 11.1. The van der Waals surface area contributed by atoms with E-state index in [4.69, 9.17) is 0 Å². The maximum atomic E-state index is 12.9. The lowest BCUT2D eigenvalue weighted by molar-refractivity contribution is -0.136. The van der Waals surface area contributed by atoms with E-state index in [2.05, 4.69) is 27.9 Å². The zero-order valence-corrected chi connectivity index (χ0v) is 17.1. The fraction of sp³-hybridized carbons (Fsp3) is 0.444. The fourth-order valence-corrected chi connectivity index (χ4v) is 4.78. The second kappa shape index (κ2) is 8.51. The number of carbonyl (C=O) groups is 4. The van der Waals surface area contributed by atoms with Gasteiger partial charge >= 0.3 is 0 Å². The number of nitrogens with zero attached hydrogens (tertiary/aromatic N) is 1. The number of benzene rings is 1. The van der Waals surface area contributed by atoms with Crippen molar-refractivity contribution in [2.75, 3.05) is 10.2 Å². The van der Waals surface area contributed by atoms with Crippen LogP contribution in [0.2, 0.25) is 0 Å². The Balaban J connectivity index is 1.78. The molecule has 1 N–H and O–H groups in total. The van der Waals surface area contributed by atoms with Gasteiger partial charge in [0.05, 0.1) is 11.1 Å². The average molecular weight is 486 g/mol. The van der Waals surface area contributed by atoms with Gasteiger partial charge in [-0.1, -0.05) is 35.1 Å². The van der Waals surface area contributed by atoms with E-state index in [1.165, 1.54) is 6.42 Å². The highest BCUT2D eigenvalue weighted by atomic mass is 127. The van der Waals surface area contributed by atoms with Gasteiger partial charge in [0.25, 0.3) is 11.8 Å². The molecule has 3 rings (SSSR count). The Hall–Kier alpha value is -1.42. The molecule has 2 aliphatic heterocycles. The molecule has 138 valence electrons. The maximum absolute atomic E-state index is 12.9. The number of alkyl halides is 1. The van der Waals surface area contributed by atoms with E-state index >= 15 is 0 Å². The van der Waals surface area contributed by atoms with Crippen molar-refractivity contribution in [1.82, 2.24) is 10.2 Å². The molecule has 0 bridgehead atoms. The SMILES string of the molecule is O=C1CCC(N2C(=O)c3cccc(SCCCCCI)c3C2=O)C(=O)N1. The second-order valence-electron chi connectivity index (χ2n) is 6.22. The minimum atomic E-state index is -0.915. The first-order valence-electron chi connectivity index (χ1n) is 8.58. The molecule has 1 unspecified atom stereocenters. The average Bonchev–Trinajstić information content (AvgIpc) is 2.87. The standard InChI is InChI=1S/C18H19IN2O4S/c19-9-2-1-3-10-26-13-6-4-5-11-15(13)18(25)21(17(11)24)12-7-8-14(22)20-16(12)23/h4-6,12H,1-3,7-10H2,(H,20,22,23). The molecule has 0 saturated carbocycles. The van der Waals surface area contributed by atoms with Crippen LogP contribution in [0, 0.1) is 0 Å². The van der Waals surface area contributed by atoms with E-state index in [0.717, 1.165) is 32.8 Å². The van der Waals surface area contributed by atoms with E-state index in [1.54, 1.807) is 23.9 Å². The zero-order chi connectivity index (χ0) is 18.7. The Kier molecular flexibility index (Phi) is 6.33. The Morgan fingerprint density at radius 3 is 2.65 bits per heavy atom. The molecule has 2 aliphatic rings. The number of fused-ring (bicyclic) bond motifs is 1. The van der Waals surface area contributed by atoms with Crippen LogP contribution in [0.25, 0.3) is 0 Å². The molecule has 1 atom stereocenters. The van der Waals surface area contributed by atoms with Crippen LogP contribution in [0.1, 0.15) is 52.8 Å². The van der Waals surface area contributed by atoms with Crippen molar-refractivity contribution in [2.24, 2.45) is 0 Å². The number of hydrogen-bond donors (Lipinski definition) is 1. The minimum Gasteiger partial charge on any atom is -0.295 e. The number of rotatable bonds is 7. The predicted octanol–water partition coefficient (Wildman–Crippen LogP) is 2.79. The third kappa shape index (κ3) is 3.80. The van der Waals surface area contributed by atoms with E-state index in [9.17, 15) is 19.2 Å². The Bertz CT molecular complexity index is 768. The summed E-state index contributed by atoms with van der Waals surface area (Å²) >= 11 is 3.93. The molecule has 1 fully saturated rings. The smallest absolute Gasteiger partial charge is 0.263 e. The molecule has 6 nitrogen and oxygen atoms in total. The number of hydrogen-bond acceptors (Lipinski definition) is 5. The number of unbranched alkanes of at least 4 members (excludes halogenated alkanes) is 2. The summed E-state index contributed by atoms with van der Waals surface area (Å²) < 4.78 is 1.14. The normalized spacial score (nSPS) is 19.7. The summed E-state index contributed by atoms with van der Waals surface area (Å²) in [6.07, 6.45) is 3.67. The molecule has 26 heavy (non-hydrogen) atoms. The molecule has 4 amide bonds. The topological polar surface area (TPSA) is 83.6 Å². The van der Waals surface area contributed by atoms with Gasteiger partial charge in [-0.05, 0) is 41.6 Å². The maximum Gasteiger partial charge on any atom is 0.263 e. The second-order valence-corrected chi connectivity index (χ2v) is 8.44. The van der Waals surface area contributed by atoms with Crippen LogP contribution in [0.4, 0.5) is 0 Å². The van der Waals surface area contributed by atoms with Gasteiger partial charge in [0.2, 0.25) is 11.8 Å². The van der Waals surface area contributed by atoms with E-state index in [0.29, 0.717) is 11.1 Å². The number of piperidine rings is 1. The first-order chi connectivity index (χ1) is 12.5. The van der Waals surface area contributed by atoms with Crippen LogP contribution in [0.5, 0.6) is 0 Å². The monoisotopic (exact) mass is 486 g/mol. The largest absolute Gasteiger partial charge is 0.295 e. The first kappa shape index (κ1) is 19.3. The molecular formula is C18H19IN2O4S. The molecule has 1 aromatic carbocycles. The summed E-state index contributed by atoms with van der Waals surface area (Å²) in [5, 5.41) is 2.21. The molecule has 2 heterocycles. The molecule has 8 heteroatoms. The van der Waals surface area contributed by atoms with Gasteiger partial charge < -0.3 is 0 Å². The van der Waals surface area contributed by atoms with Crippen molar-refractivity contribution in [2.45, 2.75) is 43.0 Å². The highest BCUT2D eigenvalue weighted by molar-refractivity contribution is 14.1. The van der Waals surface area contributed by atoms with Crippen LogP contribution < -0.4 is 5.32 Å². The fourth-order valence-electron chi connectivity index (χ4n) is 3.16. The number of amides is 4. The summed E-state index contributed by atoms with van der Waals surface area (Å²) in [6, 6.07) is 4.33. The predicted molar refractivity (Wildman–Crippen MR) is 107 cm³/mol. The number of thioether (sulfide) groups is 1. The zero-order valence-electron chi connectivity index (χ0n) is 14.1. The van der Waals surface area contributed by atoms with Crippen LogP contribution in [-0.2, 0) is 9.59 Å². The highest BCUT2D eigenvalue weighted by Crippen LogP contribution is 2.34. The quantitative estimate of drug-likeness (QED) is 0.211. The van der Waals surface area contributed by atoms with E-state index in [-0.39, 0.29) is 18.7 Å². The third-order valence-electron chi connectivity index (χ3n) is 4.47. The van der Waals surface area contributed by atoms with Gasteiger partial charge in [0.15, 0.2) is 0 Å². The number of carbonyl (C=O) groups excluding carboxylic acids is 4. The number of imide groups is 2. The number of halogens is 1. The third-order valence-corrected chi connectivity index (χ3v) is 6.37. The van der Waals surface area contributed by atoms with Gasteiger partial charge in [0.1, 0.15) is 6.04 Å². The molecular weight excluding hydrogens is 467 g/mol. The lowest BCUT2D eigenvalue weighted by Crippen LogP contribution is -2.54. The Morgan fingerprint density at radius 1 is 1.12 bits per heavy atom. The van der Waals surface area contributed by atoms with Crippen molar-refractivity contribution in [1.29, 1.82) is 0 Å². The van der Waals surface area contributed by atoms with Gasteiger partial charge in [-0.2, -0.15) is 0 Å². The summed E-state index contributed by atoms with van der Waals surface area (Å²) in [5.74, 6) is -0.955. The Morgan fingerprint density at radius 2 is 1.92 bits per heavy atom. The van der Waals surface area contributed by atoms with Gasteiger partial charge in [0, 0.05) is 11.3 Å². The van der Waals surface area contributed by atoms with Crippen molar-refractivity contribution in [3.05, 3.63) is 29.3 Å². The summed E-state index contributed by atoms with van der Waals surface area (Å²) in [4.78, 5) is 50.9. The van der Waals surface area contributed by atoms with Crippen molar-refractivity contribution in [3.8, 4) is 0 Å². The summed E-state index contributed by atoms with van der Waals surface area (Å²) in [5.41, 5.74) is 0.734. The summed E-state index contributed by atoms with van der Waals surface area (Å²) in [6.45, 7) is 0. The lowest BCUT2D eigenvalue weighted by Gasteiger charge is -2.27. The van der Waals surface area contributed by atoms with E-state index < -0.39 is 23.8 Å². The molecule has 1 saturated heterocycles. The molecule has 0 radical (unpaired) electrons. The molecule has 1 aromatic rings. The van der Waals surface area contributed by atoms with Crippen LogP contribution in [-0.4, -0.2) is 44.8 Å². The van der Waals surface area contributed by atoms with E-state index in [1.807, 2.05) is 6.07 Å². The highest BCUT2D eigenvalue weighted by Gasteiger charge is 2.45. The minimum absolute atomic E-state index is 0.127. The summed E-state index contributed by atoms with van der Waals surface area (Å²) in [7, 11) is 0. The molecule has 0 spiro atoms. The Labute approximate surface area is 169 Å². The van der Waals surface area contributed by atoms with Crippen LogP contribution >= 0.6 is 34.4 Å². The lowest BCUT2D eigenvalue weighted by atomic mass is 10.0.